The molecule has 0 radical (unpaired) electrons. The first kappa shape index (κ1) is 16.0. The van der Waals surface area contributed by atoms with Crippen LogP contribution >= 0.6 is 23.2 Å². The zero-order valence-corrected chi connectivity index (χ0v) is 13.2. The Labute approximate surface area is 129 Å². The molecular weight excluding hydrogens is 321 g/mol. The van der Waals surface area contributed by atoms with Gasteiger partial charge in [-0.3, -0.25) is 0 Å². The van der Waals surface area contributed by atoms with E-state index in [-0.39, 0.29) is 21.9 Å². The van der Waals surface area contributed by atoms with Crippen molar-refractivity contribution in [3.8, 4) is 0 Å². The topological polar surface area (TPSA) is 66.4 Å². The highest BCUT2D eigenvalue weighted by Gasteiger charge is 2.23. The molecule has 0 saturated heterocycles. The largest absolute Gasteiger partial charge is 0.393 e. The van der Waals surface area contributed by atoms with E-state index in [0.29, 0.717) is 11.6 Å². The third-order valence-corrected chi connectivity index (χ3v) is 5.70. The number of hydrogen-bond acceptors (Lipinski definition) is 3. The van der Waals surface area contributed by atoms with Gasteiger partial charge in [0.25, 0.3) is 0 Å². The van der Waals surface area contributed by atoms with Crippen LogP contribution in [0.4, 0.5) is 0 Å². The van der Waals surface area contributed by atoms with Crippen LogP contribution in [-0.2, 0) is 10.0 Å². The monoisotopic (exact) mass is 337 g/mol. The van der Waals surface area contributed by atoms with Crippen molar-refractivity contribution in [2.24, 2.45) is 5.92 Å². The smallest absolute Gasteiger partial charge is 0.242 e. The van der Waals surface area contributed by atoms with Crippen LogP contribution in [0.1, 0.15) is 25.7 Å². The molecule has 1 aromatic carbocycles. The van der Waals surface area contributed by atoms with Crippen LogP contribution < -0.4 is 4.72 Å². The molecule has 20 heavy (non-hydrogen) atoms. The van der Waals surface area contributed by atoms with Gasteiger partial charge in [-0.15, -0.1) is 0 Å². The predicted molar refractivity (Wildman–Crippen MR) is 79.6 cm³/mol. The lowest BCUT2D eigenvalue weighted by Crippen LogP contribution is -2.32. The fourth-order valence-corrected chi connectivity index (χ4v) is 4.21. The summed E-state index contributed by atoms with van der Waals surface area (Å²) in [5, 5.41) is 9.91. The number of aliphatic hydroxyl groups is 1. The highest BCUT2D eigenvalue weighted by atomic mass is 35.5. The number of rotatable bonds is 4. The second-order valence-electron chi connectivity index (χ2n) is 5.10. The zero-order chi connectivity index (χ0) is 14.8. The van der Waals surface area contributed by atoms with Gasteiger partial charge in [0.2, 0.25) is 10.0 Å². The van der Waals surface area contributed by atoms with Gasteiger partial charge in [-0.2, -0.15) is 0 Å². The van der Waals surface area contributed by atoms with Gasteiger partial charge in [0.1, 0.15) is 4.90 Å². The molecule has 1 aliphatic rings. The van der Waals surface area contributed by atoms with Gasteiger partial charge in [0, 0.05) is 11.6 Å². The van der Waals surface area contributed by atoms with Crippen molar-refractivity contribution >= 4 is 33.2 Å². The zero-order valence-electron chi connectivity index (χ0n) is 10.9. The molecule has 7 heteroatoms. The summed E-state index contributed by atoms with van der Waals surface area (Å²) >= 11 is 11.7. The third-order valence-electron chi connectivity index (χ3n) is 3.56. The van der Waals surface area contributed by atoms with Crippen molar-refractivity contribution in [2.75, 3.05) is 6.54 Å². The van der Waals surface area contributed by atoms with Crippen LogP contribution in [0.5, 0.6) is 0 Å². The van der Waals surface area contributed by atoms with Crippen molar-refractivity contribution in [1.29, 1.82) is 0 Å². The van der Waals surface area contributed by atoms with Crippen LogP contribution in [0.25, 0.3) is 0 Å². The fraction of sp³-hybridized carbons (Fsp3) is 0.538. The molecule has 0 atom stereocenters. The van der Waals surface area contributed by atoms with Crippen molar-refractivity contribution in [1.82, 2.24) is 4.72 Å². The molecule has 4 nitrogen and oxygen atoms in total. The van der Waals surface area contributed by atoms with Gasteiger partial charge < -0.3 is 5.11 Å². The molecule has 1 aliphatic carbocycles. The maximum absolute atomic E-state index is 12.2. The van der Waals surface area contributed by atoms with E-state index in [1.54, 1.807) is 6.07 Å². The minimum absolute atomic E-state index is 0.00232. The van der Waals surface area contributed by atoms with Crippen LogP contribution in [0, 0.1) is 5.92 Å². The summed E-state index contributed by atoms with van der Waals surface area (Å²) in [6.07, 6.45) is 2.86. The van der Waals surface area contributed by atoms with Crippen LogP contribution in [0.2, 0.25) is 10.0 Å². The summed E-state index contributed by atoms with van der Waals surface area (Å²) in [4.78, 5) is 0.00232. The number of aliphatic hydroxyl groups excluding tert-OH is 1. The van der Waals surface area contributed by atoms with E-state index in [1.165, 1.54) is 12.1 Å². The molecule has 2 rings (SSSR count). The second-order valence-corrected chi connectivity index (χ2v) is 7.68. The summed E-state index contributed by atoms with van der Waals surface area (Å²) in [7, 11) is -3.66. The maximum atomic E-state index is 12.2. The quantitative estimate of drug-likeness (QED) is 0.887. The molecule has 1 fully saturated rings. The van der Waals surface area contributed by atoms with Gasteiger partial charge in [0.15, 0.2) is 0 Å². The molecule has 0 unspecified atom stereocenters. The Hall–Kier alpha value is -0.330. The number of nitrogens with one attached hydrogen (secondary N) is 1. The lowest BCUT2D eigenvalue weighted by atomic mass is 9.88. The first-order chi connectivity index (χ1) is 9.38. The molecule has 2 N–H and O–H groups in total. The van der Waals surface area contributed by atoms with E-state index in [1.807, 2.05) is 0 Å². The number of sulfonamides is 1. The lowest BCUT2D eigenvalue weighted by molar-refractivity contribution is 0.109. The van der Waals surface area contributed by atoms with E-state index in [2.05, 4.69) is 4.72 Å². The highest BCUT2D eigenvalue weighted by Crippen LogP contribution is 2.26. The number of halogens is 2. The molecule has 0 heterocycles. The standard InChI is InChI=1S/C13H17Cl2NO3S/c14-10-3-6-12(15)13(7-10)20(18,19)16-8-9-1-4-11(17)5-2-9/h3,6-7,9,11,16-17H,1-2,4-5,8H2. The van der Waals surface area contributed by atoms with Gasteiger partial charge in [0.05, 0.1) is 11.1 Å². The molecular formula is C13H17Cl2NO3S. The Morgan fingerprint density at radius 2 is 1.85 bits per heavy atom. The van der Waals surface area contributed by atoms with E-state index in [0.717, 1.165) is 25.7 Å². The van der Waals surface area contributed by atoms with Crippen molar-refractivity contribution in [3.63, 3.8) is 0 Å². The maximum Gasteiger partial charge on any atom is 0.242 e. The Bertz CT molecular complexity index is 569. The van der Waals surface area contributed by atoms with E-state index in [4.69, 9.17) is 23.2 Å². The van der Waals surface area contributed by atoms with Gasteiger partial charge in [-0.05, 0) is 49.8 Å². The molecule has 0 aliphatic heterocycles. The van der Waals surface area contributed by atoms with Crippen LogP contribution in [-0.4, -0.2) is 26.2 Å². The third kappa shape index (κ3) is 4.09. The number of hydrogen-bond donors (Lipinski definition) is 2. The summed E-state index contributed by atoms with van der Waals surface area (Å²) in [5.74, 6) is 0.256. The molecule has 0 bridgehead atoms. The Morgan fingerprint density at radius 1 is 1.20 bits per heavy atom. The van der Waals surface area contributed by atoms with Crippen molar-refractivity contribution < 1.29 is 13.5 Å². The first-order valence-electron chi connectivity index (χ1n) is 6.51. The van der Waals surface area contributed by atoms with E-state index < -0.39 is 10.0 Å². The van der Waals surface area contributed by atoms with Gasteiger partial charge in [-0.1, -0.05) is 23.2 Å². The second kappa shape index (κ2) is 6.62. The van der Waals surface area contributed by atoms with Crippen LogP contribution in [0.15, 0.2) is 23.1 Å². The van der Waals surface area contributed by atoms with Crippen LogP contribution in [0.3, 0.4) is 0 Å². The minimum Gasteiger partial charge on any atom is -0.393 e. The molecule has 1 saturated carbocycles. The summed E-state index contributed by atoms with van der Waals surface area (Å²) in [6, 6.07) is 4.36. The van der Waals surface area contributed by atoms with E-state index >= 15 is 0 Å². The first-order valence-corrected chi connectivity index (χ1v) is 8.75. The molecule has 0 aromatic heterocycles. The summed E-state index contributed by atoms with van der Waals surface area (Å²) in [5.41, 5.74) is 0. The number of benzene rings is 1. The fourth-order valence-electron chi connectivity index (χ4n) is 2.34. The average molecular weight is 338 g/mol. The van der Waals surface area contributed by atoms with Crippen molar-refractivity contribution in [2.45, 2.75) is 36.7 Å². The summed E-state index contributed by atoms with van der Waals surface area (Å²) in [6.45, 7) is 0.359. The van der Waals surface area contributed by atoms with Gasteiger partial charge >= 0.3 is 0 Å². The normalized spacial score (nSPS) is 23.8. The van der Waals surface area contributed by atoms with Crippen molar-refractivity contribution in [3.05, 3.63) is 28.2 Å². The summed E-state index contributed by atoms with van der Waals surface area (Å²) < 4.78 is 27.0. The lowest BCUT2D eigenvalue weighted by Gasteiger charge is -2.25. The highest BCUT2D eigenvalue weighted by molar-refractivity contribution is 7.89. The predicted octanol–water partition coefficient (Wildman–Crippen LogP) is 2.82. The molecule has 112 valence electrons. The Balaban J connectivity index is 2.02. The van der Waals surface area contributed by atoms with Gasteiger partial charge in [-0.25, -0.2) is 13.1 Å². The SMILES string of the molecule is O=S(=O)(NCC1CCC(O)CC1)c1cc(Cl)ccc1Cl. The Morgan fingerprint density at radius 3 is 2.50 bits per heavy atom. The molecule has 1 aromatic rings. The van der Waals surface area contributed by atoms with E-state index in [9.17, 15) is 13.5 Å². The minimum atomic E-state index is -3.66. The molecule has 0 spiro atoms. The Kier molecular flexibility index (Phi) is 5.31. The molecule has 0 amide bonds. The average Bonchev–Trinajstić information content (AvgIpc) is 2.41.